The maximum absolute atomic E-state index is 11.8. The van der Waals surface area contributed by atoms with Crippen LogP contribution in [0.2, 0.25) is 0 Å². The Kier molecular flexibility index (Phi) is 8.01. The molecule has 0 aliphatic rings. The van der Waals surface area contributed by atoms with Crippen LogP contribution >= 0.6 is 0 Å². The highest BCUT2D eigenvalue weighted by Gasteiger charge is 2.13. The third-order valence-electron chi connectivity index (χ3n) is 3.02. The molecule has 23 heavy (non-hydrogen) atoms. The molecular formula is C15H24N2O5S. The molecule has 0 spiro atoms. The van der Waals surface area contributed by atoms with E-state index in [4.69, 9.17) is 9.47 Å². The zero-order valence-corrected chi connectivity index (χ0v) is 14.5. The Morgan fingerprint density at radius 3 is 2.70 bits per heavy atom. The highest BCUT2D eigenvalue weighted by Crippen LogP contribution is 2.13. The first-order valence-electron chi connectivity index (χ1n) is 7.28. The molecule has 0 aliphatic carbocycles. The zero-order chi connectivity index (χ0) is 17.3. The highest BCUT2D eigenvalue weighted by atomic mass is 32.2. The summed E-state index contributed by atoms with van der Waals surface area (Å²) in [5.41, 5.74) is 0.918. The molecule has 0 saturated carbocycles. The molecule has 130 valence electrons. The standard InChI is InChI=1S/C15H24N2O5S/c1-12(15(18)16-8-5-9-17-23(3,19)20)22-11-13-6-4-7-14(10-13)21-2/h4,6-7,10,12,17H,5,8-9,11H2,1-3H3,(H,16,18). The van der Waals surface area contributed by atoms with Crippen molar-refractivity contribution in [2.75, 3.05) is 26.5 Å². The quantitative estimate of drug-likeness (QED) is 0.608. The largest absolute Gasteiger partial charge is 0.497 e. The minimum absolute atomic E-state index is 0.229. The van der Waals surface area contributed by atoms with Crippen LogP contribution in [0.15, 0.2) is 24.3 Å². The number of carbonyl (C=O) groups is 1. The van der Waals surface area contributed by atoms with Crippen LogP contribution in [0.3, 0.4) is 0 Å². The molecule has 0 bridgehead atoms. The van der Waals surface area contributed by atoms with E-state index in [0.717, 1.165) is 17.6 Å². The number of carbonyl (C=O) groups excluding carboxylic acids is 1. The topological polar surface area (TPSA) is 93.7 Å². The van der Waals surface area contributed by atoms with E-state index in [-0.39, 0.29) is 12.5 Å². The van der Waals surface area contributed by atoms with Gasteiger partial charge in [0.1, 0.15) is 11.9 Å². The molecule has 0 fully saturated rings. The number of hydrogen-bond acceptors (Lipinski definition) is 5. The van der Waals surface area contributed by atoms with Gasteiger partial charge in [-0.15, -0.1) is 0 Å². The van der Waals surface area contributed by atoms with Crippen LogP contribution in [0.1, 0.15) is 18.9 Å². The predicted octanol–water partition coefficient (Wildman–Crippen LogP) is 0.656. The van der Waals surface area contributed by atoms with Crippen molar-refractivity contribution in [1.29, 1.82) is 0 Å². The van der Waals surface area contributed by atoms with Crippen LogP contribution in [0, 0.1) is 0 Å². The minimum Gasteiger partial charge on any atom is -0.497 e. The van der Waals surface area contributed by atoms with Crippen molar-refractivity contribution in [1.82, 2.24) is 10.0 Å². The van der Waals surface area contributed by atoms with Gasteiger partial charge in [-0.1, -0.05) is 12.1 Å². The maximum atomic E-state index is 11.8. The second kappa shape index (κ2) is 9.49. The molecule has 1 aromatic rings. The zero-order valence-electron chi connectivity index (χ0n) is 13.7. The predicted molar refractivity (Wildman–Crippen MR) is 87.7 cm³/mol. The molecule has 1 amide bonds. The molecule has 1 unspecified atom stereocenters. The molecular weight excluding hydrogens is 320 g/mol. The van der Waals surface area contributed by atoms with Crippen molar-refractivity contribution in [2.24, 2.45) is 0 Å². The first-order chi connectivity index (χ1) is 10.8. The van der Waals surface area contributed by atoms with Crippen molar-refractivity contribution in [2.45, 2.75) is 26.1 Å². The van der Waals surface area contributed by atoms with Crippen LogP contribution in [-0.2, 0) is 26.2 Å². The third-order valence-corrected chi connectivity index (χ3v) is 3.75. The van der Waals surface area contributed by atoms with Gasteiger partial charge in [-0.2, -0.15) is 0 Å². The van der Waals surface area contributed by atoms with Gasteiger partial charge in [0, 0.05) is 13.1 Å². The van der Waals surface area contributed by atoms with Crippen LogP contribution < -0.4 is 14.8 Å². The Balaban J connectivity index is 2.25. The highest BCUT2D eigenvalue weighted by molar-refractivity contribution is 7.88. The number of benzene rings is 1. The normalized spacial score (nSPS) is 12.7. The molecule has 1 atom stereocenters. The minimum atomic E-state index is -3.18. The Morgan fingerprint density at radius 1 is 1.30 bits per heavy atom. The van der Waals surface area contributed by atoms with Gasteiger partial charge >= 0.3 is 0 Å². The molecule has 8 heteroatoms. The van der Waals surface area contributed by atoms with Gasteiger partial charge in [0.2, 0.25) is 15.9 Å². The number of rotatable bonds is 10. The summed E-state index contributed by atoms with van der Waals surface area (Å²) in [6, 6.07) is 7.44. The van der Waals surface area contributed by atoms with Gasteiger partial charge in [0.15, 0.2) is 0 Å². The van der Waals surface area contributed by atoms with E-state index in [2.05, 4.69) is 10.0 Å². The second-order valence-electron chi connectivity index (χ2n) is 5.12. The fourth-order valence-electron chi connectivity index (χ4n) is 1.76. The SMILES string of the molecule is COc1cccc(COC(C)C(=O)NCCCNS(C)(=O)=O)c1. The first-order valence-corrected chi connectivity index (χ1v) is 9.18. The molecule has 0 radical (unpaired) electrons. The number of nitrogens with one attached hydrogen (secondary N) is 2. The molecule has 0 aromatic heterocycles. The first kappa shape index (κ1) is 19.4. The van der Waals surface area contributed by atoms with E-state index in [9.17, 15) is 13.2 Å². The lowest BCUT2D eigenvalue weighted by Gasteiger charge is -2.14. The van der Waals surface area contributed by atoms with Gasteiger partial charge in [0.05, 0.1) is 20.0 Å². The lowest BCUT2D eigenvalue weighted by molar-refractivity contribution is -0.132. The third kappa shape index (κ3) is 8.53. The molecule has 0 aliphatic heterocycles. The molecule has 2 N–H and O–H groups in total. The van der Waals surface area contributed by atoms with Crippen LogP contribution in [-0.4, -0.2) is 46.9 Å². The summed E-state index contributed by atoms with van der Waals surface area (Å²) in [5, 5.41) is 2.70. The molecule has 0 saturated heterocycles. The van der Waals surface area contributed by atoms with Crippen molar-refractivity contribution in [3.8, 4) is 5.75 Å². The van der Waals surface area contributed by atoms with E-state index in [1.165, 1.54) is 0 Å². The van der Waals surface area contributed by atoms with E-state index < -0.39 is 16.1 Å². The average molecular weight is 344 g/mol. The summed E-state index contributed by atoms with van der Waals surface area (Å²) in [6.07, 6.45) is 1.02. The van der Waals surface area contributed by atoms with E-state index in [1.54, 1.807) is 14.0 Å². The Hall–Kier alpha value is -1.64. The fourth-order valence-corrected chi connectivity index (χ4v) is 2.28. The van der Waals surface area contributed by atoms with Gasteiger partial charge < -0.3 is 14.8 Å². The van der Waals surface area contributed by atoms with Gasteiger partial charge in [-0.3, -0.25) is 4.79 Å². The summed E-state index contributed by atoms with van der Waals surface area (Å²) in [6.45, 7) is 2.65. The Morgan fingerprint density at radius 2 is 2.04 bits per heavy atom. The molecule has 1 aromatic carbocycles. The van der Waals surface area contributed by atoms with Crippen molar-refractivity contribution in [3.63, 3.8) is 0 Å². The average Bonchev–Trinajstić information content (AvgIpc) is 2.51. The molecule has 0 heterocycles. The number of sulfonamides is 1. The number of amides is 1. The van der Waals surface area contributed by atoms with Crippen molar-refractivity contribution < 1.29 is 22.7 Å². The smallest absolute Gasteiger partial charge is 0.248 e. The number of methoxy groups -OCH3 is 1. The summed E-state index contributed by atoms with van der Waals surface area (Å²) >= 11 is 0. The summed E-state index contributed by atoms with van der Waals surface area (Å²) in [7, 11) is -1.59. The van der Waals surface area contributed by atoms with E-state index in [0.29, 0.717) is 19.6 Å². The lowest BCUT2D eigenvalue weighted by Crippen LogP contribution is -2.36. The Bertz CT molecular complexity index is 604. The maximum Gasteiger partial charge on any atom is 0.248 e. The van der Waals surface area contributed by atoms with Crippen molar-refractivity contribution in [3.05, 3.63) is 29.8 Å². The number of ether oxygens (including phenoxy) is 2. The summed E-state index contributed by atoms with van der Waals surface area (Å²) in [5.74, 6) is 0.508. The monoisotopic (exact) mass is 344 g/mol. The fraction of sp³-hybridized carbons (Fsp3) is 0.533. The van der Waals surface area contributed by atoms with E-state index in [1.807, 2.05) is 24.3 Å². The van der Waals surface area contributed by atoms with Gasteiger partial charge in [-0.05, 0) is 31.0 Å². The summed E-state index contributed by atoms with van der Waals surface area (Å²) < 4.78 is 34.8. The van der Waals surface area contributed by atoms with E-state index >= 15 is 0 Å². The lowest BCUT2D eigenvalue weighted by atomic mass is 10.2. The number of hydrogen-bond donors (Lipinski definition) is 2. The van der Waals surface area contributed by atoms with Crippen LogP contribution in [0.4, 0.5) is 0 Å². The van der Waals surface area contributed by atoms with Crippen LogP contribution in [0.25, 0.3) is 0 Å². The van der Waals surface area contributed by atoms with Gasteiger partial charge in [-0.25, -0.2) is 13.1 Å². The Labute approximate surface area is 137 Å². The molecule has 1 rings (SSSR count). The van der Waals surface area contributed by atoms with Gasteiger partial charge in [0.25, 0.3) is 0 Å². The molecule has 7 nitrogen and oxygen atoms in total. The second-order valence-corrected chi connectivity index (χ2v) is 6.95. The van der Waals surface area contributed by atoms with Crippen LogP contribution in [0.5, 0.6) is 5.75 Å². The van der Waals surface area contributed by atoms with Crippen molar-refractivity contribution >= 4 is 15.9 Å². The summed E-state index contributed by atoms with van der Waals surface area (Å²) in [4.78, 5) is 11.8.